The number of rotatable bonds is 3. The summed E-state index contributed by atoms with van der Waals surface area (Å²) in [6, 6.07) is 13.7. The molecule has 26 heavy (non-hydrogen) atoms. The van der Waals surface area contributed by atoms with Gasteiger partial charge < -0.3 is 15.6 Å². The molecule has 3 N–H and O–H groups in total. The van der Waals surface area contributed by atoms with Crippen molar-refractivity contribution in [3.8, 4) is 11.4 Å². The summed E-state index contributed by atoms with van der Waals surface area (Å²) in [4.78, 5) is 20.1. The van der Waals surface area contributed by atoms with E-state index in [9.17, 15) is 4.79 Å². The standard InChI is InChI=1S/C21H22N4O/c1-14-13-23-20(24-14)16-4-6-19(7-5-16)25-21(26)18-3-2-15-8-10-22-11-9-17(15)12-18/h2-7,12-13,22H,8-11H2,1H3,(H,23,24)(H,25,26). The first kappa shape index (κ1) is 16.5. The second kappa shape index (κ2) is 7.14. The van der Waals surface area contributed by atoms with E-state index in [0.29, 0.717) is 5.56 Å². The molecule has 5 nitrogen and oxygen atoms in total. The molecule has 4 rings (SSSR count). The number of carbonyl (C=O) groups excluding carboxylic acids is 1. The van der Waals surface area contributed by atoms with Gasteiger partial charge in [0.1, 0.15) is 5.82 Å². The van der Waals surface area contributed by atoms with E-state index in [0.717, 1.165) is 48.7 Å². The fraction of sp³-hybridized carbons (Fsp3) is 0.238. The fourth-order valence-electron chi connectivity index (χ4n) is 3.29. The molecule has 0 aliphatic carbocycles. The average molecular weight is 346 g/mol. The minimum atomic E-state index is -0.0772. The van der Waals surface area contributed by atoms with Gasteiger partial charge in [-0.05, 0) is 80.4 Å². The molecule has 0 atom stereocenters. The minimum absolute atomic E-state index is 0.0772. The maximum Gasteiger partial charge on any atom is 0.255 e. The maximum atomic E-state index is 12.6. The zero-order chi connectivity index (χ0) is 17.9. The summed E-state index contributed by atoms with van der Waals surface area (Å²) in [5.41, 5.74) is 6.11. The number of nitrogens with zero attached hydrogens (tertiary/aromatic N) is 1. The highest BCUT2D eigenvalue weighted by molar-refractivity contribution is 6.04. The van der Waals surface area contributed by atoms with Crippen LogP contribution in [0.25, 0.3) is 11.4 Å². The lowest BCUT2D eigenvalue weighted by Gasteiger charge is -2.10. The van der Waals surface area contributed by atoms with E-state index in [1.807, 2.05) is 43.3 Å². The number of amides is 1. The molecule has 1 aromatic heterocycles. The Hall–Kier alpha value is -2.92. The van der Waals surface area contributed by atoms with Gasteiger partial charge in [-0.1, -0.05) is 6.07 Å². The maximum absolute atomic E-state index is 12.6. The van der Waals surface area contributed by atoms with Crippen LogP contribution in [0, 0.1) is 6.92 Å². The monoisotopic (exact) mass is 346 g/mol. The smallest absolute Gasteiger partial charge is 0.255 e. The van der Waals surface area contributed by atoms with Crippen LogP contribution in [0.3, 0.4) is 0 Å². The minimum Gasteiger partial charge on any atom is -0.342 e. The highest BCUT2D eigenvalue weighted by Crippen LogP contribution is 2.20. The summed E-state index contributed by atoms with van der Waals surface area (Å²) in [6.07, 6.45) is 3.79. The molecule has 0 unspecified atom stereocenters. The third-order valence-corrected chi connectivity index (χ3v) is 4.73. The number of imidazole rings is 1. The predicted molar refractivity (Wildman–Crippen MR) is 103 cm³/mol. The third kappa shape index (κ3) is 3.53. The molecule has 0 spiro atoms. The Morgan fingerprint density at radius 2 is 1.81 bits per heavy atom. The van der Waals surface area contributed by atoms with Crippen LogP contribution in [0.4, 0.5) is 5.69 Å². The van der Waals surface area contributed by atoms with Crippen LogP contribution < -0.4 is 10.6 Å². The topological polar surface area (TPSA) is 69.8 Å². The predicted octanol–water partition coefficient (Wildman–Crippen LogP) is 3.33. The van der Waals surface area contributed by atoms with Crippen LogP contribution in [0.2, 0.25) is 0 Å². The van der Waals surface area contributed by atoms with Crippen LogP contribution in [0.5, 0.6) is 0 Å². The van der Waals surface area contributed by atoms with E-state index in [4.69, 9.17) is 0 Å². The van der Waals surface area contributed by atoms with Gasteiger partial charge in [0.15, 0.2) is 0 Å². The number of benzene rings is 2. The summed E-state index contributed by atoms with van der Waals surface area (Å²) < 4.78 is 0. The first-order valence-corrected chi connectivity index (χ1v) is 8.95. The number of hydrogen-bond donors (Lipinski definition) is 3. The lowest BCUT2D eigenvalue weighted by atomic mass is 10.00. The second-order valence-electron chi connectivity index (χ2n) is 6.68. The number of aromatic amines is 1. The van der Waals surface area contributed by atoms with Crippen molar-refractivity contribution in [3.05, 3.63) is 71.0 Å². The molecule has 2 heterocycles. The van der Waals surface area contributed by atoms with Gasteiger partial charge in [0.2, 0.25) is 0 Å². The van der Waals surface area contributed by atoms with Gasteiger partial charge in [-0.25, -0.2) is 4.98 Å². The van der Waals surface area contributed by atoms with E-state index in [1.165, 1.54) is 11.1 Å². The van der Waals surface area contributed by atoms with Crippen molar-refractivity contribution in [3.63, 3.8) is 0 Å². The third-order valence-electron chi connectivity index (χ3n) is 4.73. The molecule has 0 saturated heterocycles. The molecular weight excluding hydrogens is 324 g/mol. The van der Waals surface area contributed by atoms with Crippen molar-refractivity contribution in [2.45, 2.75) is 19.8 Å². The average Bonchev–Trinajstić information content (AvgIpc) is 2.95. The van der Waals surface area contributed by atoms with Gasteiger partial charge in [0, 0.05) is 28.7 Å². The Kier molecular flexibility index (Phi) is 4.54. The van der Waals surface area contributed by atoms with Gasteiger partial charge in [0.25, 0.3) is 5.91 Å². The molecular formula is C21H22N4O. The molecule has 0 radical (unpaired) electrons. The van der Waals surface area contributed by atoms with Gasteiger partial charge in [-0.15, -0.1) is 0 Å². The highest BCUT2D eigenvalue weighted by atomic mass is 16.1. The van der Waals surface area contributed by atoms with Gasteiger partial charge >= 0.3 is 0 Å². The van der Waals surface area contributed by atoms with Crippen molar-refractivity contribution < 1.29 is 4.79 Å². The van der Waals surface area contributed by atoms with Crippen molar-refractivity contribution in [1.82, 2.24) is 15.3 Å². The zero-order valence-electron chi connectivity index (χ0n) is 14.8. The molecule has 132 valence electrons. The van der Waals surface area contributed by atoms with Crippen molar-refractivity contribution in [1.29, 1.82) is 0 Å². The summed E-state index contributed by atoms with van der Waals surface area (Å²) in [5.74, 6) is 0.756. The van der Waals surface area contributed by atoms with Crippen LogP contribution in [-0.2, 0) is 12.8 Å². The van der Waals surface area contributed by atoms with Crippen LogP contribution >= 0.6 is 0 Å². The van der Waals surface area contributed by atoms with Crippen molar-refractivity contribution >= 4 is 11.6 Å². The van der Waals surface area contributed by atoms with E-state index in [2.05, 4.69) is 26.7 Å². The number of hydrogen-bond acceptors (Lipinski definition) is 3. The lowest BCUT2D eigenvalue weighted by molar-refractivity contribution is 0.102. The molecule has 0 saturated carbocycles. The lowest BCUT2D eigenvalue weighted by Crippen LogP contribution is -2.16. The molecule has 0 fully saturated rings. The summed E-state index contributed by atoms with van der Waals surface area (Å²) in [5, 5.41) is 6.37. The number of aromatic nitrogens is 2. The quantitative estimate of drug-likeness (QED) is 0.681. The Balaban J connectivity index is 1.48. The number of aryl methyl sites for hydroxylation is 1. The summed E-state index contributed by atoms with van der Waals surface area (Å²) >= 11 is 0. The van der Waals surface area contributed by atoms with Gasteiger partial charge in [0.05, 0.1) is 0 Å². The zero-order valence-corrected chi connectivity index (χ0v) is 14.8. The molecule has 1 aliphatic heterocycles. The largest absolute Gasteiger partial charge is 0.342 e. The number of fused-ring (bicyclic) bond motifs is 1. The molecule has 1 aliphatic rings. The van der Waals surface area contributed by atoms with Crippen LogP contribution in [0.15, 0.2) is 48.7 Å². The molecule has 1 amide bonds. The fourth-order valence-corrected chi connectivity index (χ4v) is 3.29. The Morgan fingerprint density at radius 1 is 1.04 bits per heavy atom. The van der Waals surface area contributed by atoms with Crippen molar-refractivity contribution in [2.75, 3.05) is 18.4 Å². The Labute approximate surface area is 152 Å². The molecule has 3 aromatic rings. The second-order valence-corrected chi connectivity index (χ2v) is 6.68. The molecule has 0 bridgehead atoms. The number of carbonyl (C=O) groups is 1. The van der Waals surface area contributed by atoms with Gasteiger partial charge in [-0.3, -0.25) is 4.79 Å². The number of nitrogens with one attached hydrogen (secondary N) is 3. The Bertz CT molecular complexity index is 927. The summed E-state index contributed by atoms with van der Waals surface area (Å²) in [7, 11) is 0. The van der Waals surface area contributed by atoms with E-state index >= 15 is 0 Å². The van der Waals surface area contributed by atoms with Crippen molar-refractivity contribution in [2.24, 2.45) is 0 Å². The number of H-pyrrole nitrogens is 1. The first-order valence-electron chi connectivity index (χ1n) is 8.95. The molecule has 5 heteroatoms. The molecule has 2 aromatic carbocycles. The SMILES string of the molecule is Cc1cnc(-c2ccc(NC(=O)c3ccc4c(c3)CCNCC4)cc2)[nH]1. The van der Waals surface area contributed by atoms with E-state index in [-0.39, 0.29) is 5.91 Å². The normalized spacial score (nSPS) is 13.7. The Morgan fingerprint density at radius 3 is 2.54 bits per heavy atom. The highest BCUT2D eigenvalue weighted by Gasteiger charge is 2.12. The van der Waals surface area contributed by atoms with E-state index < -0.39 is 0 Å². The van der Waals surface area contributed by atoms with E-state index in [1.54, 1.807) is 6.20 Å². The summed E-state index contributed by atoms with van der Waals surface area (Å²) in [6.45, 7) is 3.94. The first-order chi connectivity index (χ1) is 12.7. The van der Waals surface area contributed by atoms with Crippen LogP contribution in [0.1, 0.15) is 27.2 Å². The number of anilines is 1. The van der Waals surface area contributed by atoms with Gasteiger partial charge in [-0.2, -0.15) is 0 Å². The van der Waals surface area contributed by atoms with Crippen LogP contribution in [-0.4, -0.2) is 29.0 Å².